The van der Waals surface area contributed by atoms with Crippen LogP contribution >= 0.6 is 23.5 Å². The number of hydrogen-bond donors (Lipinski definition) is 1. The van der Waals surface area contributed by atoms with Gasteiger partial charge in [0.1, 0.15) is 0 Å². The molecule has 0 aliphatic rings. The molecule has 0 aromatic heterocycles. The molecule has 0 saturated carbocycles. The van der Waals surface area contributed by atoms with Gasteiger partial charge in [-0.3, -0.25) is 4.79 Å². The van der Waals surface area contributed by atoms with Crippen LogP contribution < -0.4 is 0 Å². The minimum Gasteiger partial charge on any atom is -0.483 e. The summed E-state index contributed by atoms with van der Waals surface area (Å²) in [5, 5.41) is 7.45. The molecule has 0 fully saturated rings. The van der Waals surface area contributed by atoms with E-state index in [0.717, 1.165) is 30.1 Å². The van der Waals surface area contributed by atoms with Crippen LogP contribution in [0.2, 0.25) is 11.6 Å². The van der Waals surface area contributed by atoms with Gasteiger partial charge in [0.15, 0.2) is 0 Å². The first-order valence-corrected chi connectivity index (χ1v) is 12.2. The van der Waals surface area contributed by atoms with Crippen LogP contribution in [0, 0.1) is 0 Å². The average Bonchev–Trinajstić information content (AvgIpc) is 2.76. The highest BCUT2D eigenvalue weighted by Crippen LogP contribution is 2.34. The molecule has 0 amide bonds. The first kappa shape index (κ1) is 25.8. The normalized spacial score (nSPS) is 13.6. The quantitative estimate of drug-likeness (QED) is 0.257. The van der Waals surface area contributed by atoms with Gasteiger partial charge in [0.25, 0.3) is 6.47 Å². The summed E-state index contributed by atoms with van der Waals surface area (Å²) in [6, 6.07) is 21.4. The summed E-state index contributed by atoms with van der Waals surface area (Å²) in [6.07, 6.45) is 3.12. The summed E-state index contributed by atoms with van der Waals surface area (Å²) in [7, 11) is 12.5. The SMILES string of the molecule is O=CO.[B]C(CC)C([B])CC(CCSCc1ccccc1)SCc1ccccc1. The number of thioether (sulfide) groups is 2. The summed E-state index contributed by atoms with van der Waals surface area (Å²) in [6.45, 7) is 1.87. The van der Waals surface area contributed by atoms with Gasteiger partial charge >= 0.3 is 0 Å². The number of hydrogen-bond acceptors (Lipinski definition) is 3. The molecule has 2 aromatic rings. The zero-order valence-electron chi connectivity index (χ0n) is 17.2. The van der Waals surface area contributed by atoms with Crippen molar-refractivity contribution in [1.82, 2.24) is 0 Å². The lowest BCUT2D eigenvalue weighted by molar-refractivity contribution is -0.122. The largest absolute Gasteiger partial charge is 0.483 e. The minimum atomic E-state index is -0.250. The maximum absolute atomic E-state index is 8.36. The molecule has 152 valence electrons. The molecule has 2 rings (SSSR count). The molecule has 0 saturated heterocycles. The lowest BCUT2D eigenvalue weighted by atomic mass is 9.63. The smallest absolute Gasteiger partial charge is 0.290 e. The molecule has 0 bridgehead atoms. The van der Waals surface area contributed by atoms with Crippen molar-refractivity contribution in [2.45, 2.75) is 54.6 Å². The summed E-state index contributed by atoms with van der Waals surface area (Å²) in [5.74, 6) is 3.48. The Balaban J connectivity index is 0.00000132. The van der Waals surface area contributed by atoms with Crippen molar-refractivity contribution in [2.24, 2.45) is 0 Å². The van der Waals surface area contributed by atoms with E-state index in [2.05, 4.69) is 67.6 Å². The van der Waals surface area contributed by atoms with E-state index in [4.69, 9.17) is 25.6 Å². The Morgan fingerprint density at radius 1 is 0.931 bits per heavy atom. The Hall–Kier alpha value is -1.26. The van der Waals surface area contributed by atoms with Crippen LogP contribution in [-0.4, -0.2) is 38.3 Å². The van der Waals surface area contributed by atoms with Crippen molar-refractivity contribution in [3.8, 4) is 0 Å². The van der Waals surface area contributed by atoms with E-state index in [1.165, 1.54) is 17.5 Å². The van der Waals surface area contributed by atoms with E-state index in [-0.39, 0.29) is 18.1 Å². The maximum Gasteiger partial charge on any atom is 0.290 e. The van der Waals surface area contributed by atoms with Crippen molar-refractivity contribution >= 4 is 45.7 Å². The van der Waals surface area contributed by atoms with Gasteiger partial charge in [0.05, 0.1) is 15.7 Å². The number of rotatable bonds is 12. The monoisotopic (exact) mass is 424 g/mol. The standard InChI is InChI=1S/C22H28B2S2.CH2O2/c1-2-21(23)22(24)15-20(26-17-19-11-7-4-8-12-19)13-14-25-16-18-9-5-3-6-10-18;2-1-3/h3-12,20-22H,2,13-17H2,1H3;1H,(H,2,3). The van der Waals surface area contributed by atoms with Crippen LogP contribution in [0.1, 0.15) is 37.3 Å². The molecule has 0 spiro atoms. The molecule has 0 aliphatic carbocycles. The molecular formula is C23H30B2O2S2. The van der Waals surface area contributed by atoms with Crippen molar-refractivity contribution in [3.63, 3.8) is 0 Å². The Bertz CT molecular complexity index is 644. The average molecular weight is 424 g/mol. The van der Waals surface area contributed by atoms with Crippen LogP contribution in [0.5, 0.6) is 0 Å². The van der Waals surface area contributed by atoms with E-state index in [0.29, 0.717) is 5.25 Å². The van der Waals surface area contributed by atoms with E-state index >= 15 is 0 Å². The third kappa shape index (κ3) is 12.1. The Morgan fingerprint density at radius 2 is 1.45 bits per heavy atom. The Labute approximate surface area is 187 Å². The van der Waals surface area contributed by atoms with Gasteiger partial charge in [-0.15, -0.1) is 0 Å². The second-order valence-corrected chi connectivity index (χ2v) is 9.22. The van der Waals surface area contributed by atoms with E-state index in [9.17, 15) is 0 Å². The lowest BCUT2D eigenvalue weighted by Gasteiger charge is -2.25. The second-order valence-electron chi connectivity index (χ2n) is 6.82. The van der Waals surface area contributed by atoms with Crippen LogP contribution in [0.3, 0.4) is 0 Å². The van der Waals surface area contributed by atoms with Crippen LogP contribution in [0.25, 0.3) is 0 Å². The maximum atomic E-state index is 8.36. The third-order valence-corrected chi connectivity index (χ3v) is 7.04. The van der Waals surface area contributed by atoms with Crippen molar-refractivity contribution < 1.29 is 9.90 Å². The highest BCUT2D eigenvalue weighted by molar-refractivity contribution is 7.99. The first-order chi connectivity index (χ1) is 14.1. The zero-order valence-corrected chi connectivity index (χ0v) is 18.8. The molecule has 0 aliphatic heterocycles. The van der Waals surface area contributed by atoms with Gasteiger partial charge < -0.3 is 5.11 Å². The molecule has 2 nitrogen and oxygen atoms in total. The molecule has 0 heterocycles. The van der Waals surface area contributed by atoms with Gasteiger partial charge in [-0.25, -0.2) is 0 Å². The zero-order chi connectivity index (χ0) is 21.3. The van der Waals surface area contributed by atoms with Crippen molar-refractivity contribution in [1.29, 1.82) is 0 Å². The van der Waals surface area contributed by atoms with E-state index < -0.39 is 0 Å². The predicted octanol–water partition coefficient (Wildman–Crippen LogP) is 6.03. The highest BCUT2D eigenvalue weighted by atomic mass is 32.2. The number of carbonyl (C=O) groups is 1. The molecule has 3 unspecified atom stereocenters. The van der Waals surface area contributed by atoms with Crippen molar-refractivity contribution in [3.05, 3.63) is 71.8 Å². The Kier molecular flexibility index (Phi) is 14.7. The van der Waals surface area contributed by atoms with E-state index in [1.807, 2.05) is 23.5 Å². The fraction of sp³-hybridized carbons (Fsp3) is 0.435. The number of benzene rings is 2. The molecule has 29 heavy (non-hydrogen) atoms. The molecule has 1 N–H and O–H groups in total. The summed E-state index contributed by atoms with van der Waals surface area (Å²) in [5.41, 5.74) is 2.78. The van der Waals surface area contributed by atoms with Gasteiger partial charge in [-0.1, -0.05) is 85.6 Å². The van der Waals surface area contributed by atoms with Gasteiger partial charge in [-0.05, 0) is 29.7 Å². The molecular weight excluding hydrogens is 394 g/mol. The minimum absolute atomic E-state index is 0.0902. The highest BCUT2D eigenvalue weighted by Gasteiger charge is 2.17. The molecule has 6 heteroatoms. The Morgan fingerprint density at radius 3 is 1.97 bits per heavy atom. The van der Waals surface area contributed by atoms with Crippen LogP contribution in [-0.2, 0) is 16.3 Å². The molecule has 3 atom stereocenters. The van der Waals surface area contributed by atoms with Crippen molar-refractivity contribution in [2.75, 3.05) is 5.75 Å². The fourth-order valence-corrected chi connectivity index (χ4v) is 5.25. The summed E-state index contributed by atoms with van der Waals surface area (Å²) < 4.78 is 0. The number of carboxylic acid groups (broad SMARTS) is 1. The van der Waals surface area contributed by atoms with Gasteiger partial charge in [0, 0.05) is 16.8 Å². The van der Waals surface area contributed by atoms with Gasteiger partial charge in [0.2, 0.25) is 0 Å². The topological polar surface area (TPSA) is 37.3 Å². The van der Waals surface area contributed by atoms with Crippen LogP contribution in [0.4, 0.5) is 0 Å². The fourth-order valence-electron chi connectivity index (χ4n) is 2.82. The predicted molar refractivity (Wildman–Crippen MR) is 131 cm³/mol. The third-order valence-electron chi connectivity index (χ3n) is 4.58. The molecule has 4 radical (unpaired) electrons. The van der Waals surface area contributed by atoms with E-state index in [1.54, 1.807) is 0 Å². The first-order valence-electron chi connectivity index (χ1n) is 9.96. The lowest BCUT2D eigenvalue weighted by Crippen LogP contribution is -2.13. The summed E-state index contributed by atoms with van der Waals surface area (Å²) in [4.78, 5) is 8.36. The van der Waals surface area contributed by atoms with Crippen LogP contribution in [0.15, 0.2) is 60.7 Å². The molecule has 2 aromatic carbocycles. The second kappa shape index (κ2) is 16.5. The van der Waals surface area contributed by atoms with Gasteiger partial charge in [-0.2, -0.15) is 23.5 Å². The summed E-state index contributed by atoms with van der Waals surface area (Å²) >= 11 is 4.04.